The molecule has 0 aliphatic heterocycles. The van der Waals surface area contributed by atoms with Crippen LogP contribution in [0, 0.1) is 11.3 Å². The Labute approximate surface area is 222 Å². The normalized spacial score (nSPS) is 15.9. The van der Waals surface area contributed by atoms with Gasteiger partial charge in [0.15, 0.2) is 21.2 Å². The molecule has 0 aliphatic rings. The topological polar surface area (TPSA) is 102 Å². The molecule has 0 saturated carbocycles. The van der Waals surface area contributed by atoms with Gasteiger partial charge in [0.25, 0.3) is 0 Å². The molecule has 1 aromatic heterocycles. The Bertz CT molecular complexity index is 1450. The van der Waals surface area contributed by atoms with Gasteiger partial charge in [0.2, 0.25) is 0 Å². The minimum Gasteiger partial charge on any atom is -0.598 e. The average molecular weight is 575 g/mol. The number of hydrogen-bond acceptors (Lipinski definition) is 7. The van der Waals surface area contributed by atoms with Crippen molar-refractivity contribution < 1.29 is 30.9 Å². The summed E-state index contributed by atoms with van der Waals surface area (Å²) in [7, 11) is -4.00. The van der Waals surface area contributed by atoms with E-state index in [0.717, 1.165) is 9.40 Å². The number of nitrogens with one attached hydrogen (secondary N) is 1. The van der Waals surface area contributed by atoms with Gasteiger partial charge in [-0.2, -0.15) is 18.4 Å². The fourth-order valence-electron chi connectivity index (χ4n) is 3.51. The number of benzene rings is 2. The number of alkyl halides is 3. The molecule has 1 N–H and O–H groups in total. The largest absolute Gasteiger partial charge is 0.598 e. The molecule has 0 amide bonds. The number of nitrogens with zero attached hydrogens (tertiary/aromatic N) is 1. The van der Waals surface area contributed by atoms with Gasteiger partial charge < -0.3 is 9.29 Å². The van der Waals surface area contributed by atoms with Crippen LogP contribution in [0.25, 0.3) is 20.2 Å². The van der Waals surface area contributed by atoms with Crippen LogP contribution >= 0.6 is 11.3 Å². The molecule has 1 unspecified atom stereocenters. The Morgan fingerprint density at radius 3 is 2.14 bits per heavy atom. The van der Waals surface area contributed by atoms with Gasteiger partial charge in [-0.1, -0.05) is 6.07 Å². The number of fused-ring (bicyclic) bond motifs is 3. The molecule has 0 saturated heterocycles. The molecule has 1 heterocycles. The maximum absolute atomic E-state index is 13.3. The van der Waals surface area contributed by atoms with E-state index in [1.54, 1.807) is 52.0 Å². The quantitative estimate of drug-likeness (QED) is 0.332. The Kier molecular flexibility index (Phi) is 7.92. The lowest BCUT2D eigenvalue weighted by Gasteiger charge is -2.36. The number of rotatable bonds is 8. The molecule has 2 aromatic carbocycles. The van der Waals surface area contributed by atoms with Gasteiger partial charge in [0.05, 0.1) is 17.4 Å². The third-order valence-electron chi connectivity index (χ3n) is 5.88. The van der Waals surface area contributed by atoms with Crippen molar-refractivity contribution in [3.8, 4) is 11.8 Å². The van der Waals surface area contributed by atoms with Crippen LogP contribution in [0.1, 0.15) is 47.1 Å². The molecule has 0 radical (unpaired) electrons. The SMILES string of the molecule is CC(C)(C)[S+]([O-])N[C@@](C)(CS(=O)(=O)C(C)(C)C#N)c1ccc2sc3ccc(OCC(F)(F)F)cc3c2c1. The van der Waals surface area contributed by atoms with E-state index >= 15 is 0 Å². The van der Waals surface area contributed by atoms with E-state index in [9.17, 15) is 31.4 Å². The third kappa shape index (κ3) is 6.52. The van der Waals surface area contributed by atoms with E-state index in [4.69, 9.17) is 4.74 Å². The Morgan fingerprint density at radius 2 is 1.59 bits per heavy atom. The molecular formula is C25H29F3N2O4S3. The first-order chi connectivity index (χ1) is 16.8. The van der Waals surface area contributed by atoms with Crippen LogP contribution in [0.4, 0.5) is 13.2 Å². The highest BCUT2D eigenvalue weighted by Gasteiger charge is 2.45. The number of halogens is 3. The van der Waals surface area contributed by atoms with Gasteiger partial charge in [0.1, 0.15) is 10.5 Å². The van der Waals surface area contributed by atoms with Crippen molar-refractivity contribution in [1.29, 1.82) is 5.26 Å². The second kappa shape index (κ2) is 9.93. The van der Waals surface area contributed by atoms with Crippen LogP contribution in [0.5, 0.6) is 5.75 Å². The first-order valence-electron chi connectivity index (χ1n) is 11.3. The Hall–Kier alpha value is -2.04. The maximum Gasteiger partial charge on any atom is 0.422 e. The summed E-state index contributed by atoms with van der Waals surface area (Å²) < 4.78 is 84.7. The molecule has 6 nitrogen and oxygen atoms in total. The molecule has 3 aromatic rings. The highest BCUT2D eigenvalue weighted by atomic mass is 32.2. The summed E-state index contributed by atoms with van der Waals surface area (Å²) in [6.45, 7) is 8.10. The number of nitriles is 1. The van der Waals surface area contributed by atoms with Crippen molar-refractivity contribution in [2.75, 3.05) is 12.4 Å². The van der Waals surface area contributed by atoms with Crippen LogP contribution in [0.15, 0.2) is 36.4 Å². The van der Waals surface area contributed by atoms with Gasteiger partial charge in [-0.3, -0.25) is 0 Å². The summed E-state index contributed by atoms with van der Waals surface area (Å²) in [6, 6.07) is 11.8. The monoisotopic (exact) mass is 574 g/mol. The zero-order chi connectivity index (χ0) is 28.0. The van der Waals surface area contributed by atoms with E-state index in [0.29, 0.717) is 16.3 Å². The molecule has 12 heteroatoms. The van der Waals surface area contributed by atoms with E-state index in [1.807, 2.05) is 6.07 Å². The predicted molar refractivity (Wildman–Crippen MR) is 143 cm³/mol. The lowest BCUT2D eigenvalue weighted by Crippen LogP contribution is -2.54. The first kappa shape index (κ1) is 29.5. The van der Waals surface area contributed by atoms with Gasteiger partial charge in [-0.25, -0.2) is 8.42 Å². The van der Waals surface area contributed by atoms with Crippen LogP contribution in [-0.4, -0.2) is 41.0 Å². The summed E-state index contributed by atoms with van der Waals surface area (Å²) in [6.07, 6.45) is -4.47. The second-order valence-electron chi connectivity index (χ2n) is 10.6. The zero-order valence-electron chi connectivity index (χ0n) is 21.3. The molecule has 0 aliphatic carbocycles. The van der Waals surface area contributed by atoms with Gasteiger partial charge in [0, 0.05) is 31.5 Å². The summed E-state index contributed by atoms with van der Waals surface area (Å²) >= 11 is -0.225. The van der Waals surface area contributed by atoms with Gasteiger partial charge in [-0.05, 0) is 77.4 Å². The highest BCUT2D eigenvalue weighted by molar-refractivity contribution is 7.93. The van der Waals surface area contributed by atoms with Crippen molar-refractivity contribution >= 4 is 52.7 Å². The number of thiophene rings is 1. The number of sulfone groups is 1. The van der Waals surface area contributed by atoms with E-state index in [1.165, 1.54) is 37.3 Å². The summed E-state index contributed by atoms with van der Waals surface area (Å²) in [5, 5.41) is 10.8. The zero-order valence-corrected chi connectivity index (χ0v) is 23.8. The standard InChI is InChI=1S/C25H29F3N2O4S3/c1-22(2,3)36(31)30-24(6,15-37(32,33)23(4,5)13-29)16-7-9-20-18(11-16)19-12-17(8-10-21(19)35-20)34-14-25(26,27)28/h7-12,30H,14-15H2,1-6H3/t24-,36?/m0/s1. The van der Waals surface area contributed by atoms with Gasteiger partial charge >= 0.3 is 6.18 Å². The summed E-state index contributed by atoms with van der Waals surface area (Å²) in [5.74, 6) is -0.446. The second-order valence-corrected chi connectivity index (χ2v) is 16.2. The minimum absolute atomic E-state index is 0.0583. The first-order valence-corrected chi connectivity index (χ1v) is 14.9. The third-order valence-corrected chi connectivity index (χ3v) is 11.4. The van der Waals surface area contributed by atoms with E-state index in [2.05, 4.69) is 4.72 Å². The molecular weight excluding hydrogens is 545 g/mol. The lowest BCUT2D eigenvalue weighted by molar-refractivity contribution is -0.153. The van der Waals surface area contributed by atoms with Crippen molar-refractivity contribution in [2.24, 2.45) is 0 Å². The van der Waals surface area contributed by atoms with Gasteiger partial charge in [-0.15, -0.1) is 16.1 Å². The molecule has 202 valence electrons. The van der Waals surface area contributed by atoms with Crippen LogP contribution in [0.2, 0.25) is 0 Å². The molecule has 37 heavy (non-hydrogen) atoms. The summed E-state index contributed by atoms with van der Waals surface area (Å²) in [4.78, 5) is 0. The molecule has 3 rings (SSSR count). The smallest absolute Gasteiger partial charge is 0.422 e. The Balaban J connectivity index is 2.15. The van der Waals surface area contributed by atoms with Crippen molar-refractivity contribution in [1.82, 2.24) is 4.72 Å². The lowest BCUT2D eigenvalue weighted by atomic mass is 9.94. The maximum atomic E-state index is 13.3. The molecule has 0 fully saturated rings. The van der Waals surface area contributed by atoms with Crippen LogP contribution in [0.3, 0.4) is 0 Å². The average Bonchev–Trinajstić information content (AvgIpc) is 3.13. The Morgan fingerprint density at radius 1 is 1.03 bits per heavy atom. The van der Waals surface area contributed by atoms with E-state index < -0.39 is 54.8 Å². The number of ether oxygens (including phenoxy) is 1. The molecule has 2 atom stereocenters. The number of hydrogen-bond donors (Lipinski definition) is 1. The van der Waals surface area contributed by atoms with Crippen molar-refractivity contribution in [3.05, 3.63) is 42.0 Å². The fourth-order valence-corrected chi connectivity index (χ4v) is 7.08. The summed E-state index contributed by atoms with van der Waals surface area (Å²) in [5.41, 5.74) is -0.839. The highest BCUT2D eigenvalue weighted by Crippen LogP contribution is 2.39. The van der Waals surface area contributed by atoms with Crippen LogP contribution < -0.4 is 9.46 Å². The van der Waals surface area contributed by atoms with Crippen molar-refractivity contribution in [2.45, 2.75) is 62.8 Å². The molecule has 0 bridgehead atoms. The van der Waals surface area contributed by atoms with Crippen molar-refractivity contribution in [3.63, 3.8) is 0 Å². The fraction of sp³-hybridized carbons (Fsp3) is 0.480. The minimum atomic E-state index is -4.47. The van der Waals surface area contributed by atoms with E-state index in [-0.39, 0.29) is 5.75 Å². The van der Waals surface area contributed by atoms with Crippen LogP contribution in [-0.2, 0) is 26.7 Å². The predicted octanol–water partition coefficient (Wildman–Crippen LogP) is 5.98. The molecule has 0 spiro atoms.